The van der Waals surface area contributed by atoms with Gasteiger partial charge in [0.15, 0.2) is 11.5 Å². The first kappa shape index (κ1) is 26.1. The monoisotopic (exact) mass is 503 g/mol. The highest BCUT2D eigenvalue weighted by Gasteiger charge is 2.60. The molecule has 2 aliphatic rings. The number of likely N-dealkylation sites (tertiary alicyclic amines) is 1. The highest BCUT2D eigenvalue weighted by molar-refractivity contribution is 8.00. The van der Waals surface area contributed by atoms with E-state index in [1.54, 1.807) is 35.5 Å². The van der Waals surface area contributed by atoms with Gasteiger partial charge in [0.1, 0.15) is 17.1 Å². The molecule has 4 unspecified atom stereocenters. The molecule has 0 bridgehead atoms. The minimum atomic E-state index is -0.516. The van der Waals surface area contributed by atoms with Crippen molar-refractivity contribution in [1.82, 2.24) is 4.90 Å². The van der Waals surface area contributed by atoms with Crippen molar-refractivity contribution < 1.29 is 28.4 Å². The minimum absolute atomic E-state index is 0.0773. The van der Waals surface area contributed by atoms with Crippen LogP contribution in [0, 0.1) is 0 Å². The van der Waals surface area contributed by atoms with Crippen LogP contribution >= 0.6 is 11.8 Å². The fourth-order valence-corrected chi connectivity index (χ4v) is 7.32. The van der Waals surface area contributed by atoms with Crippen molar-refractivity contribution in [2.75, 3.05) is 61.9 Å². The first-order chi connectivity index (χ1) is 17.1. The second-order valence-electron chi connectivity index (χ2n) is 8.74. The quantitative estimate of drug-likeness (QED) is 0.416. The first-order valence-corrected chi connectivity index (χ1v) is 12.9. The summed E-state index contributed by atoms with van der Waals surface area (Å²) in [5.74, 6) is 1.85. The SMILES string of the molecule is COCCOC1C(OC)C(c2ccccc2)SC1(c1cc(OC)c(OC)c(OC)c1)N1CCCC1. The number of rotatable bonds is 11. The van der Waals surface area contributed by atoms with Gasteiger partial charge in [-0.05, 0) is 49.2 Å². The Hall–Kier alpha value is -1.97. The summed E-state index contributed by atoms with van der Waals surface area (Å²) in [5.41, 5.74) is 2.28. The lowest BCUT2D eigenvalue weighted by molar-refractivity contribution is -0.103. The van der Waals surface area contributed by atoms with Gasteiger partial charge in [-0.25, -0.2) is 0 Å². The third-order valence-electron chi connectivity index (χ3n) is 6.93. The van der Waals surface area contributed by atoms with Crippen LogP contribution in [0.1, 0.15) is 29.2 Å². The summed E-state index contributed by atoms with van der Waals surface area (Å²) in [7, 11) is 8.42. The van der Waals surface area contributed by atoms with Crippen molar-refractivity contribution in [3.05, 3.63) is 53.6 Å². The number of ether oxygens (including phenoxy) is 6. The molecular formula is C27H37NO6S. The Morgan fingerprint density at radius 2 is 1.54 bits per heavy atom. The number of nitrogens with zero attached hydrogens (tertiary/aromatic N) is 1. The summed E-state index contributed by atoms with van der Waals surface area (Å²) in [4.78, 5) is 2.03. The number of hydrogen-bond donors (Lipinski definition) is 0. The summed E-state index contributed by atoms with van der Waals surface area (Å²) < 4.78 is 35.4. The van der Waals surface area contributed by atoms with Crippen LogP contribution in [0.2, 0.25) is 0 Å². The molecule has 35 heavy (non-hydrogen) atoms. The van der Waals surface area contributed by atoms with Gasteiger partial charge < -0.3 is 28.4 Å². The summed E-state index contributed by atoms with van der Waals surface area (Å²) in [6.07, 6.45) is 1.87. The predicted molar refractivity (Wildman–Crippen MR) is 138 cm³/mol. The Labute approximate surface area is 213 Å². The second kappa shape index (κ2) is 11.8. The first-order valence-electron chi connectivity index (χ1n) is 12.1. The molecule has 4 rings (SSSR count). The molecule has 0 amide bonds. The van der Waals surface area contributed by atoms with Gasteiger partial charge in [0, 0.05) is 14.2 Å². The highest BCUT2D eigenvalue weighted by Crippen LogP contribution is 2.62. The highest BCUT2D eigenvalue weighted by atomic mass is 32.2. The molecule has 2 fully saturated rings. The molecule has 192 valence electrons. The molecule has 0 aromatic heterocycles. The van der Waals surface area contributed by atoms with E-state index < -0.39 is 4.87 Å². The fourth-order valence-electron chi connectivity index (χ4n) is 5.33. The number of hydrogen-bond acceptors (Lipinski definition) is 8. The molecule has 2 aromatic rings. The standard InChI is InChI=1S/C27H37NO6S/c1-29-15-16-34-26-24(33-5)25(19-11-7-6-8-12-19)35-27(26,28-13-9-10-14-28)20-17-21(30-2)23(32-4)22(18-20)31-3/h6-8,11-12,17-18,24-26H,9-10,13-16H2,1-5H3. The molecule has 0 saturated carbocycles. The lowest BCUT2D eigenvalue weighted by Gasteiger charge is -2.43. The van der Waals surface area contributed by atoms with E-state index in [9.17, 15) is 0 Å². The van der Waals surface area contributed by atoms with E-state index in [1.165, 1.54) is 5.56 Å². The zero-order chi connectivity index (χ0) is 24.8. The Kier molecular flexibility index (Phi) is 8.83. The molecule has 4 atom stereocenters. The average molecular weight is 504 g/mol. The third-order valence-corrected chi connectivity index (χ3v) is 8.81. The van der Waals surface area contributed by atoms with Crippen LogP contribution in [0.3, 0.4) is 0 Å². The zero-order valence-corrected chi connectivity index (χ0v) is 22.1. The van der Waals surface area contributed by atoms with Crippen molar-refractivity contribution in [2.45, 2.75) is 35.2 Å². The van der Waals surface area contributed by atoms with Crippen molar-refractivity contribution in [3.8, 4) is 17.2 Å². The number of methoxy groups -OCH3 is 5. The average Bonchev–Trinajstić information content (AvgIpc) is 3.55. The molecule has 2 aliphatic heterocycles. The van der Waals surface area contributed by atoms with Gasteiger partial charge in [-0.1, -0.05) is 30.3 Å². The van der Waals surface area contributed by atoms with E-state index in [0.29, 0.717) is 30.5 Å². The summed E-state index contributed by atoms with van der Waals surface area (Å²) in [6.45, 7) is 2.94. The number of thioether (sulfide) groups is 1. The summed E-state index contributed by atoms with van der Waals surface area (Å²) >= 11 is 1.90. The predicted octanol–water partition coefficient (Wildman–Crippen LogP) is 4.50. The molecule has 8 heteroatoms. The van der Waals surface area contributed by atoms with Crippen LogP contribution in [0.25, 0.3) is 0 Å². The van der Waals surface area contributed by atoms with Crippen LogP contribution in [0.4, 0.5) is 0 Å². The van der Waals surface area contributed by atoms with Crippen LogP contribution in [0.15, 0.2) is 42.5 Å². The van der Waals surface area contributed by atoms with E-state index in [2.05, 4.69) is 41.3 Å². The molecule has 2 aromatic carbocycles. The number of benzene rings is 2. The lowest BCUT2D eigenvalue weighted by atomic mass is 9.91. The van der Waals surface area contributed by atoms with Gasteiger partial charge in [-0.3, -0.25) is 4.90 Å². The molecule has 0 aliphatic carbocycles. The molecule has 7 nitrogen and oxygen atoms in total. The van der Waals surface area contributed by atoms with E-state index in [1.807, 2.05) is 17.8 Å². The van der Waals surface area contributed by atoms with E-state index in [4.69, 9.17) is 28.4 Å². The Morgan fingerprint density at radius 1 is 0.886 bits per heavy atom. The van der Waals surface area contributed by atoms with Crippen LogP contribution < -0.4 is 14.2 Å². The maximum atomic E-state index is 6.66. The van der Waals surface area contributed by atoms with Gasteiger partial charge in [0.05, 0.1) is 39.8 Å². The Balaban J connectivity index is 1.91. The van der Waals surface area contributed by atoms with E-state index in [0.717, 1.165) is 31.5 Å². The van der Waals surface area contributed by atoms with Crippen molar-refractivity contribution in [2.24, 2.45) is 0 Å². The molecule has 0 radical (unpaired) electrons. The molecular weight excluding hydrogens is 466 g/mol. The van der Waals surface area contributed by atoms with E-state index >= 15 is 0 Å². The third kappa shape index (κ3) is 4.87. The largest absolute Gasteiger partial charge is 0.493 e. The maximum absolute atomic E-state index is 6.66. The molecule has 0 spiro atoms. The van der Waals surface area contributed by atoms with Gasteiger partial charge >= 0.3 is 0 Å². The van der Waals surface area contributed by atoms with Gasteiger partial charge in [-0.15, -0.1) is 11.8 Å². The maximum Gasteiger partial charge on any atom is 0.203 e. The summed E-state index contributed by atoms with van der Waals surface area (Å²) in [6, 6.07) is 14.7. The van der Waals surface area contributed by atoms with Crippen LogP contribution in [0.5, 0.6) is 17.2 Å². The normalized spacial score (nSPS) is 26.7. The van der Waals surface area contributed by atoms with Crippen LogP contribution in [-0.4, -0.2) is 79.0 Å². The molecule has 0 N–H and O–H groups in total. The van der Waals surface area contributed by atoms with Crippen molar-refractivity contribution in [1.29, 1.82) is 0 Å². The van der Waals surface area contributed by atoms with Crippen LogP contribution in [-0.2, 0) is 19.1 Å². The van der Waals surface area contributed by atoms with Gasteiger partial charge in [0.2, 0.25) is 5.75 Å². The lowest BCUT2D eigenvalue weighted by Crippen LogP contribution is -2.52. The summed E-state index contributed by atoms with van der Waals surface area (Å²) in [5, 5.41) is 0.0773. The van der Waals surface area contributed by atoms with Gasteiger partial charge in [0.25, 0.3) is 0 Å². The zero-order valence-electron chi connectivity index (χ0n) is 21.3. The molecule has 2 saturated heterocycles. The fraction of sp³-hybridized carbons (Fsp3) is 0.556. The second-order valence-corrected chi connectivity index (χ2v) is 10.1. The van der Waals surface area contributed by atoms with Gasteiger partial charge in [-0.2, -0.15) is 0 Å². The molecule has 2 heterocycles. The van der Waals surface area contributed by atoms with Crippen molar-refractivity contribution in [3.63, 3.8) is 0 Å². The van der Waals surface area contributed by atoms with Crippen molar-refractivity contribution >= 4 is 11.8 Å². The van der Waals surface area contributed by atoms with E-state index in [-0.39, 0.29) is 17.5 Å². The topological polar surface area (TPSA) is 58.6 Å². The minimum Gasteiger partial charge on any atom is -0.493 e. The Bertz CT molecular complexity index is 929. The Morgan fingerprint density at radius 3 is 2.09 bits per heavy atom. The smallest absolute Gasteiger partial charge is 0.203 e.